The zero-order valence-corrected chi connectivity index (χ0v) is 9.85. The minimum Gasteiger partial charge on any atom is -0.348 e. The molecule has 1 heterocycles. The lowest BCUT2D eigenvalue weighted by molar-refractivity contribution is -0.228. The summed E-state index contributed by atoms with van der Waals surface area (Å²) in [6, 6.07) is 10.0. The van der Waals surface area contributed by atoms with Crippen LogP contribution in [-0.2, 0) is 9.47 Å². The van der Waals surface area contributed by atoms with Crippen molar-refractivity contribution in [1.29, 1.82) is 0 Å². The Kier molecular flexibility index (Phi) is 3.42. The minimum absolute atomic E-state index is 0.0963. The van der Waals surface area contributed by atoms with Crippen molar-refractivity contribution in [2.45, 2.75) is 26.2 Å². The van der Waals surface area contributed by atoms with Crippen molar-refractivity contribution in [1.82, 2.24) is 0 Å². The molecule has 2 heteroatoms. The van der Waals surface area contributed by atoms with Crippen LogP contribution in [0.25, 0.3) is 0 Å². The highest BCUT2D eigenvalue weighted by Crippen LogP contribution is 2.31. The third-order valence-corrected chi connectivity index (χ3v) is 2.85. The summed E-state index contributed by atoms with van der Waals surface area (Å²) < 4.78 is 11.6. The van der Waals surface area contributed by atoms with Crippen LogP contribution >= 0.6 is 0 Å². The van der Waals surface area contributed by atoms with Gasteiger partial charge in [-0.1, -0.05) is 49.4 Å². The first-order chi connectivity index (χ1) is 7.68. The fourth-order valence-electron chi connectivity index (χ4n) is 2.02. The van der Waals surface area contributed by atoms with Crippen LogP contribution in [0.5, 0.6) is 0 Å². The lowest BCUT2D eigenvalue weighted by Crippen LogP contribution is -2.35. The second-order valence-electron chi connectivity index (χ2n) is 4.46. The smallest absolute Gasteiger partial charge is 0.184 e. The second-order valence-corrected chi connectivity index (χ2v) is 4.46. The standard InChI is InChI=1S/C14H18O2/c1-10(2)13-11(3)9-15-14(16-13)12-7-5-4-6-8-12/h4-8,11,13-14H,1,9H2,2-3H3/t11-,13+,14-/m0/s1. The van der Waals surface area contributed by atoms with Gasteiger partial charge < -0.3 is 9.47 Å². The molecule has 0 aromatic heterocycles. The first-order valence-electron chi connectivity index (χ1n) is 5.66. The van der Waals surface area contributed by atoms with E-state index >= 15 is 0 Å². The van der Waals surface area contributed by atoms with E-state index in [2.05, 4.69) is 13.5 Å². The average Bonchev–Trinajstić information content (AvgIpc) is 2.30. The van der Waals surface area contributed by atoms with Crippen LogP contribution in [0, 0.1) is 5.92 Å². The summed E-state index contributed by atoms with van der Waals surface area (Å²) in [5.74, 6) is 0.373. The molecule has 1 fully saturated rings. The fraction of sp³-hybridized carbons (Fsp3) is 0.429. The highest BCUT2D eigenvalue weighted by Gasteiger charge is 2.30. The second kappa shape index (κ2) is 4.81. The zero-order chi connectivity index (χ0) is 11.5. The van der Waals surface area contributed by atoms with E-state index in [9.17, 15) is 0 Å². The van der Waals surface area contributed by atoms with Crippen molar-refractivity contribution in [2.75, 3.05) is 6.61 Å². The Balaban J connectivity index is 2.12. The molecule has 1 aliphatic rings. The van der Waals surface area contributed by atoms with Gasteiger partial charge in [0.15, 0.2) is 6.29 Å². The van der Waals surface area contributed by atoms with E-state index in [1.807, 2.05) is 37.3 Å². The third kappa shape index (κ3) is 2.34. The maximum atomic E-state index is 5.92. The summed E-state index contributed by atoms with van der Waals surface area (Å²) >= 11 is 0. The normalized spacial score (nSPS) is 30.0. The van der Waals surface area contributed by atoms with Gasteiger partial charge in [-0.15, -0.1) is 0 Å². The minimum atomic E-state index is -0.251. The maximum absolute atomic E-state index is 5.92. The molecule has 16 heavy (non-hydrogen) atoms. The lowest BCUT2D eigenvalue weighted by Gasteiger charge is -2.35. The summed E-state index contributed by atoms with van der Waals surface area (Å²) in [7, 11) is 0. The van der Waals surface area contributed by atoms with Crippen LogP contribution in [0.2, 0.25) is 0 Å². The van der Waals surface area contributed by atoms with Crippen molar-refractivity contribution in [2.24, 2.45) is 5.92 Å². The molecular weight excluding hydrogens is 200 g/mol. The number of hydrogen-bond acceptors (Lipinski definition) is 2. The first kappa shape index (κ1) is 11.4. The topological polar surface area (TPSA) is 18.5 Å². The van der Waals surface area contributed by atoms with Crippen molar-refractivity contribution in [3.8, 4) is 0 Å². The highest BCUT2D eigenvalue weighted by molar-refractivity contribution is 5.17. The zero-order valence-electron chi connectivity index (χ0n) is 9.85. The van der Waals surface area contributed by atoms with Crippen LogP contribution < -0.4 is 0 Å². The van der Waals surface area contributed by atoms with Gasteiger partial charge in [0, 0.05) is 11.5 Å². The largest absolute Gasteiger partial charge is 0.348 e. The molecule has 1 saturated heterocycles. The molecule has 1 aliphatic heterocycles. The summed E-state index contributed by atoms with van der Waals surface area (Å²) in [6.45, 7) is 8.83. The van der Waals surface area contributed by atoms with E-state index in [1.54, 1.807) is 0 Å². The summed E-state index contributed by atoms with van der Waals surface area (Å²) in [5.41, 5.74) is 2.14. The maximum Gasteiger partial charge on any atom is 0.184 e. The molecular formula is C14H18O2. The van der Waals surface area contributed by atoms with Crippen molar-refractivity contribution < 1.29 is 9.47 Å². The molecule has 0 spiro atoms. The number of benzene rings is 1. The molecule has 2 nitrogen and oxygen atoms in total. The van der Waals surface area contributed by atoms with Gasteiger partial charge in [-0.2, -0.15) is 0 Å². The molecule has 3 atom stereocenters. The molecule has 1 aromatic rings. The molecule has 86 valence electrons. The SMILES string of the molecule is C=C(C)[C@H]1O[C@@H](c2ccccc2)OC[C@@H]1C. The molecule has 0 saturated carbocycles. The molecule has 1 aromatic carbocycles. The summed E-state index contributed by atoms with van der Waals surface area (Å²) in [5, 5.41) is 0. The highest BCUT2D eigenvalue weighted by atomic mass is 16.7. The van der Waals surface area contributed by atoms with Gasteiger partial charge in [-0.25, -0.2) is 0 Å². The monoisotopic (exact) mass is 218 g/mol. The average molecular weight is 218 g/mol. The molecule has 0 aliphatic carbocycles. The molecule has 0 bridgehead atoms. The lowest BCUT2D eigenvalue weighted by atomic mass is 9.99. The Morgan fingerprint density at radius 2 is 2.00 bits per heavy atom. The van der Waals surface area contributed by atoms with Crippen molar-refractivity contribution >= 4 is 0 Å². The predicted octanol–water partition coefficient (Wildman–Crippen LogP) is 3.31. The Hall–Kier alpha value is -1.12. The molecule has 0 amide bonds. The van der Waals surface area contributed by atoms with E-state index < -0.39 is 0 Å². The van der Waals surface area contributed by atoms with E-state index in [0.717, 1.165) is 17.7 Å². The van der Waals surface area contributed by atoms with Crippen molar-refractivity contribution in [3.63, 3.8) is 0 Å². The Bertz CT molecular complexity index is 358. The third-order valence-electron chi connectivity index (χ3n) is 2.85. The number of ether oxygens (including phenoxy) is 2. The molecule has 2 rings (SSSR count). The Morgan fingerprint density at radius 1 is 1.31 bits per heavy atom. The van der Waals surface area contributed by atoms with E-state index in [4.69, 9.17) is 9.47 Å². The van der Waals surface area contributed by atoms with Gasteiger partial charge in [0.25, 0.3) is 0 Å². The van der Waals surface area contributed by atoms with Crippen LogP contribution in [0.15, 0.2) is 42.5 Å². The van der Waals surface area contributed by atoms with Crippen LogP contribution in [0.1, 0.15) is 25.7 Å². The van der Waals surface area contributed by atoms with Gasteiger partial charge in [0.2, 0.25) is 0 Å². The quantitative estimate of drug-likeness (QED) is 0.709. The van der Waals surface area contributed by atoms with Gasteiger partial charge in [-0.3, -0.25) is 0 Å². The Morgan fingerprint density at radius 3 is 2.62 bits per heavy atom. The van der Waals surface area contributed by atoms with Gasteiger partial charge in [0.05, 0.1) is 12.7 Å². The van der Waals surface area contributed by atoms with Gasteiger partial charge >= 0.3 is 0 Å². The van der Waals surface area contributed by atoms with Crippen LogP contribution in [0.3, 0.4) is 0 Å². The van der Waals surface area contributed by atoms with Crippen molar-refractivity contribution in [3.05, 3.63) is 48.0 Å². The van der Waals surface area contributed by atoms with E-state index in [0.29, 0.717) is 5.92 Å². The van der Waals surface area contributed by atoms with Crippen LogP contribution in [-0.4, -0.2) is 12.7 Å². The van der Waals surface area contributed by atoms with Crippen LogP contribution in [0.4, 0.5) is 0 Å². The molecule has 0 unspecified atom stereocenters. The number of hydrogen-bond donors (Lipinski definition) is 0. The number of rotatable bonds is 2. The molecule has 0 N–H and O–H groups in total. The van der Waals surface area contributed by atoms with Gasteiger partial charge in [0.1, 0.15) is 0 Å². The van der Waals surface area contributed by atoms with E-state index in [-0.39, 0.29) is 12.4 Å². The fourth-order valence-corrected chi connectivity index (χ4v) is 2.02. The summed E-state index contributed by atoms with van der Waals surface area (Å²) in [6.07, 6.45) is -0.155. The van der Waals surface area contributed by atoms with Gasteiger partial charge in [-0.05, 0) is 6.92 Å². The summed E-state index contributed by atoms with van der Waals surface area (Å²) in [4.78, 5) is 0. The molecule has 0 radical (unpaired) electrons. The predicted molar refractivity (Wildman–Crippen MR) is 64.0 cm³/mol. The Labute approximate surface area is 96.9 Å². The first-order valence-corrected chi connectivity index (χ1v) is 5.66. The van der Waals surface area contributed by atoms with E-state index in [1.165, 1.54) is 0 Å².